The average molecular weight is 618 g/mol. The third kappa shape index (κ3) is 9.79. The molecule has 4 rings (SSSR count). The highest BCUT2D eigenvalue weighted by molar-refractivity contribution is 7.93. The molecule has 2 aliphatic carbocycles. The van der Waals surface area contributed by atoms with E-state index in [1.54, 1.807) is 19.9 Å². The summed E-state index contributed by atoms with van der Waals surface area (Å²) in [6.45, 7) is 6.95. The summed E-state index contributed by atoms with van der Waals surface area (Å²) in [5.41, 5.74) is 0.215. The fourth-order valence-electron chi connectivity index (χ4n) is 4.39. The van der Waals surface area contributed by atoms with E-state index in [9.17, 15) is 22.0 Å². The number of carbonyl (C=O) groups is 1. The minimum Gasteiger partial charge on any atom is -0.491 e. The third-order valence-electron chi connectivity index (χ3n) is 7.58. The van der Waals surface area contributed by atoms with Crippen LogP contribution in [-0.4, -0.2) is 63.9 Å². The van der Waals surface area contributed by atoms with E-state index in [1.165, 1.54) is 13.1 Å². The molecule has 0 aliphatic heterocycles. The van der Waals surface area contributed by atoms with Crippen molar-refractivity contribution in [3.8, 4) is 17.6 Å². The van der Waals surface area contributed by atoms with Crippen molar-refractivity contribution in [1.82, 2.24) is 15.6 Å². The van der Waals surface area contributed by atoms with Crippen LogP contribution >= 0.6 is 0 Å². The Bertz CT molecular complexity index is 1440. The molecule has 43 heavy (non-hydrogen) atoms. The van der Waals surface area contributed by atoms with Gasteiger partial charge >= 0.3 is 0 Å². The summed E-state index contributed by atoms with van der Waals surface area (Å²) < 4.78 is 60.0. The molecule has 2 aliphatic rings. The molecule has 3 unspecified atom stereocenters. The molecular weight excluding hydrogens is 576 g/mol. The second-order valence-corrected chi connectivity index (χ2v) is 14.2. The van der Waals surface area contributed by atoms with E-state index in [2.05, 4.69) is 39.7 Å². The topological polar surface area (TPSA) is 113 Å². The van der Waals surface area contributed by atoms with Gasteiger partial charge in [-0.1, -0.05) is 18.8 Å². The second-order valence-electron chi connectivity index (χ2n) is 11.7. The van der Waals surface area contributed by atoms with Gasteiger partial charge in [0.15, 0.2) is 0 Å². The smallest absolute Gasteiger partial charge is 0.251 e. The molecule has 1 amide bonds. The zero-order valence-corrected chi connectivity index (χ0v) is 25.9. The van der Waals surface area contributed by atoms with Gasteiger partial charge < -0.3 is 20.7 Å². The monoisotopic (exact) mass is 617 g/mol. The molecule has 0 spiro atoms. The summed E-state index contributed by atoms with van der Waals surface area (Å²) in [5.74, 6) is 6.40. The maximum atomic E-state index is 13.7. The lowest BCUT2D eigenvalue weighted by Gasteiger charge is -2.23. The average Bonchev–Trinajstić information content (AvgIpc) is 3.89. The largest absolute Gasteiger partial charge is 0.491 e. The fourth-order valence-corrected chi connectivity index (χ4v) is 5.38. The number of aromatic nitrogens is 1. The quantitative estimate of drug-likeness (QED) is 0.203. The lowest BCUT2D eigenvalue weighted by molar-refractivity contribution is 0.0918. The van der Waals surface area contributed by atoms with Crippen molar-refractivity contribution in [2.24, 2.45) is 17.8 Å². The van der Waals surface area contributed by atoms with Gasteiger partial charge in [0.05, 0.1) is 17.8 Å². The van der Waals surface area contributed by atoms with E-state index >= 15 is 0 Å². The number of rotatable bonds is 15. The number of sulfonamides is 1. The van der Waals surface area contributed by atoms with Gasteiger partial charge in [-0.05, 0) is 70.0 Å². The number of nitrogens with one attached hydrogen (secondary N) is 3. The summed E-state index contributed by atoms with van der Waals surface area (Å²) in [6.07, 6.45) is 3.83. The number of ether oxygens (including phenoxy) is 1. The SMILES string of the molecule is CC1CC1CNc1cc(C(=O)NC(CCNCC#CC2CC2)COc2cc(F)cc(F)c2)cc(N(C)S(=O)(=O)C(C)C)n1. The number of hydrogen-bond donors (Lipinski definition) is 3. The maximum absolute atomic E-state index is 13.7. The number of amides is 1. The minimum absolute atomic E-state index is 0.00696. The van der Waals surface area contributed by atoms with Crippen LogP contribution in [0.1, 0.15) is 56.8 Å². The standard InChI is InChI=1S/C31H41F2N5O4S/c1-20(2)43(40,41)38(4)30-14-23(13-29(37-30)35-18-24-12-21(24)3)31(39)36-27(9-11-34-10-5-6-22-7-8-22)19-42-28-16-25(32)15-26(33)17-28/h13-17,20-22,24,27,34H,7-12,18-19H2,1-4H3,(H,35,37)(H,36,39). The third-order valence-corrected chi connectivity index (χ3v) is 9.73. The van der Waals surface area contributed by atoms with Gasteiger partial charge in [-0.25, -0.2) is 22.2 Å². The van der Waals surface area contributed by atoms with Crippen molar-refractivity contribution in [3.05, 3.63) is 47.5 Å². The first-order valence-electron chi connectivity index (χ1n) is 14.7. The molecular formula is C31H41F2N5O4S. The molecule has 3 atom stereocenters. The molecule has 2 fully saturated rings. The Kier molecular flexibility index (Phi) is 10.8. The maximum Gasteiger partial charge on any atom is 0.251 e. The van der Waals surface area contributed by atoms with E-state index in [-0.39, 0.29) is 23.7 Å². The molecule has 1 heterocycles. The molecule has 2 aromatic rings. The van der Waals surface area contributed by atoms with E-state index in [1.807, 2.05) is 0 Å². The molecule has 234 valence electrons. The summed E-state index contributed by atoms with van der Waals surface area (Å²) in [6, 6.07) is 5.39. The van der Waals surface area contributed by atoms with Crippen molar-refractivity contribution in [2.75, 3.05) is 42.9 Å². The zero-order valence-electron chi connectivity index (χ0n) is 25.1. The Labute approximate surface area is 253 Å². The van der Waals surface area contributed by atoms with Crippen molar-refractivity contribution in [3.63, 3.8) is 0 Å². The molecule has 12 heteroatoms. The summed E-state index contributed by atoms with van der Waals surface area (Å²) >= 11 is 0. The lowest BCUT2D eigenvalue weighted by Crippen LogP contribution is -2.41. The Hall–Kier alpha value is -3.43. The van der Waals surface area contributed by atoms with Crippen LogP contribution in [0.4, 0.5) is 20.4 Å². The minimum atomic E-state index is -3.70. The van der Waals surface area contributed by atoms with Gasteiger partial charge in [-0.3, -0.25) is 9.10 Å². The van der Waals surface area contributed by atoms with Crippen molar-refractivity contribution in [1.29, 1.82) is 0 Å². The normalized spacial score (nSPS) is 18.4. The van der Waals surface area contributed by atoms with Crippen LogP contribution in [0, 0.1) is 41.2 Å². The van der Waals surface area contributed by atoms with E-state index in [0.717, 1.165) is 41.8 Å². The Balaban J connectivity index is 1.50. The van der Waals surface area contributed by atoms with Crippen LogP contribution in [-0.2, 0) is 10.0 Å². The number of benzene rings is 1. The number of anilines is 2. The zero-order chi connectivity index (χ0) is 31.1. The van der Waals surface area contributed by atoms with Crippen LogP contribution in [0.3, 0.4) is 0 Å². The highest BCUT2D eigenvalue weighted by Gasteiger charge is 2.32. The van der Waals surface area contributed by atoms with Crippen LogP contribution in [0.2, 0.25) is 0 Å². The van der Waals surface area contributed by atoms with Crippen LogP contribution in [0.5, 0.6) is 5.75 Å². The van der Waals surface area contributed by atoms with Gasteiger partial charge in [0.25, 0.3) is 5.91 Å². The number of nitrogens with zero attached hydrogens (tertiary/aromatic N) is 2. The molecule has 2 saturated carbocycles. The summed E-state index contributed by atoms with van der Waals surface area (Å²) in [5, 5.41) is 8.74. The van der Waals surface area contributed by atoms with E-state index in [0.29, 0.717) is 49.6 Å². The van der Waals surface area contributed by atoms with Crippen LogP contribution in [0.25, 0.3) is 0 Å². The Morgan fingerprint density at radius 2 is 1.86 bits per heavy atom. The molecule has 0 saturated heterocycles. The van der Waals surface area contributed by atoms with Gasteiger partial charge in [0, 0.05) is 43.3 Å². The van der Waals surface area contributed by atoms with E-state index in [4.69, 9.17) is 4.74 Å². The van der Waals surface area contributed by atoms with Gasteiger partial charge in [0.1, 0.15) is 35.6 Å². The number of pyridine rings is 1. The second kappa shape index (κ2) is 14.4. The number of hydrogen-bond acceptors (Lipinski definition) is 7. The molecule has 1 aromatic heterocycles. The van der Waals surface area contributed by atoms with E-state index < -0.39 is 38.9 Å². The van der Waals surface area contributed by atoms with Gasteiger partial charge in [-0.15, -0.1) is 0 Å². The summed E-state index contributed by atoms with van der Waals surface area (Å²) in [7, 11) is -2.28. The van der Waals surface area contributed by atoms with Crippen LogP contribution in [0.15, 0.2) is 30.3 Å². The Morgan fingerprint density at radius 3 is 2.49 bits per heavy atom. The first-order chi connectivity index (χ1) is 20.4. The highest BCUT2D eigenvalue weighted by atomic mass is 32.2. The first kappa shape index (κ1) is 32.5. The van der Waals surface area contributed by atoms with Gasteiger partial charge in [-0.2, -0.15) is 0 Å². The van der Waals surface area contributed by atoms with Gasteiger partial charge in [0.2, 0.25) is 10.0 Å². The predicted octanol–water partition coefficient (Wildman–Crippen LogP) is 4.17. The van der Waals surface area contributed by atoms with Crippen molar-refractivity contribution < 1.29 is 26.7 Å². The fraction of sp³-hybridized carbons (Fsp3) is 0.548. The molecule has 0 bridgehead atoms. The highest BCUT2D eigenvalue weighted by Crippen LogP contribution is 2.37. The van der Waals surface area contributed by atoms with Crippen molar-refractivity contribution >= 4 is 27.6 Å². The Morgan fingerprint density at radius 1 is 1.16 bits per heavy atom. The van der Waals surface area contributed by atoms with Crippen molar-refractivity contribution in [2.45, 2.75) is 57.7 Å². The lowest BCUT2D eigenvalue weighted by atomic mass is 10.1. The number of halogens is 2. The summed E-state index contributed by atoms with van der Waals surface area (Å²) in [4.78, 5) is 18.0. The molecule has 1 aromatic carbocycles. The molecule has 0 radical (unpaired) electrons. The van der Waals surface area contributed by atoms with Crippen LogP contribution < -0.4 is 25.0 Å². The molecule has 9 nitrogen and oxygen atoms in total. The first-order valence-corrected chi connectivity index (χ1v) is 16.2. The number of carbonyl (C=O) groups excluding carboxylic acids is 1. The predicted molar refractivity (Wildman–Crippen MR) is 164 cm³/mol. The molecule has 3 N–H and O–H groups in total.